The molecule has 1 aromatic heterocycles. The second-order valence-corrected chi connectivity index (χ2v) is 9.11. The van der Waals surface area contributed by atoms with Crippen LogP contribution in [0.3, 0.4) is 0 Å². The Morgan fingerprint density at radius 2 is 1.53 bits per heavy atom. The van der Waals surface area contributed by atoms with Crippen molar-refractivity contribution < 1.29 is 27.1 Å². The van der Waals surface area contributed by atoms with E-state index in [0.29, 0.717) is 41.4 Å². The number of carbonyl (C=O) groups excluding carboxylic acids is 1. The highest BCUT2D eigenvalue weighted by Gasteiger charge is 2.20. The Balaban J connectivity index is 1.31. The number of carbonyl (C=O) groups is 1. The van der Waals surface area contributed by atoms with Crippen molar-refractivity contribution in [2.24, 2.45) is 0 Å². The molecule has 0 atom stereocenters. The Morgan fingerprint density at radius 3 is 2.32 bits per heavy atom. The summed E-state index contributed by atoms with van der Waals surface area (Å²) in [6, 6.07) is 18.7. The number of para-hydroxylation sites is 1. The van der Waals surface area contributed by atoms with Crippen LogP contribution in [0.25, 0.3) is 11.0 Å². The van der Waals surface area contributed by atoms with Gasteiger partial charge in [0.25, 0.3) is 15.9 Å². The van der Waals surface area contributed by atoms with E-state index in [2.05, 4.69) is 10.0 Å². The van der Waals surface area contributed by atoms with Crippen LogP contribution in [0.15, 0.2) is 86.9 Å². The van der Waals surface area contributed by atoms with Crippen molar-refractivity contribution >= 4 is 38.3 Å². The first-order valence-electron chi connectivity index (χ1n) is 10.3. The third-order valence-corrected chi connectivity index (χ3v) is 6.48. The summed E-state index contributed by atoms with van der Waals surface area (Å²) in [7, 11) is -3.88. The highest BCUT2D eigenvalue weighted by molar-refractivity contribution is 7.92. The summed E-state index contributed by atoms with van der Waals surface area (Å²) in [5.74, 6) is 0.222. The minimum absolute atomic E-state index is 0.0251. The molecule has 4 aromatic rings. The van der Waals surface area contributed by atoms with Crippen LogP contribution in [0.5, 0.6) is 11.5 Å². The molecular formula is C24H18N2O7S. The van der Waals surface area contributed by atoms with Gasteiger partial charge in [-0.1, -0.05) is 18.2 Å². The SMILES string of the molecule is O=C(Nc1ccc(NS(=O)(=O)c2ccc3c(c2)OCCO3)cc1)c1cc2ccccc2oc1=O. The monoisotopic (exact) mass is 478 g/mol. The van der Waals surface area contributed by atoms with Crippen LogP contribution >= 0.6 is 0 Å². The van der Waals surface area contributed by atoms with Crippen molar-refractivity contribution in [1.82, 2.24) is 0 Å². The number of benzene rings is 3. The van der Waals surface area contributed by atoms with E-state index in [0.717, 1.165) is 0 Å². The first-order valence-corrected chi connectivity index (χ1v) is 11.7. The van der Waals surface area contributed by atoms with Crippen LogP contribution < -0.4 is 25.1 Å². The fourth-order valence-electron chi connectivity index (χ4n) is 3.45. The summed E-state index contributed by atoms with van der Waals surface area (Å²) in [6.07, 6.45) is 0. The second-order valence-electron chi connectivity index (χ2n) is 7.43. The number of sulfonamides is 1. The van der Waals surface area contributed by atoms with Gasteiger partial charge in [0.1, 0.15) is 24.4 Å². The molecular weight excluding hydrogens is 460 g/mol. The zero-order valence-electron chi connectivity index (χ0n) is 17.6. The van der Waals surface area contributed by atoms with Gasteiger partial charge in [0.05, 0.1) is 4.90 Å². The second kappa shape index (κ2) is 8.56. The molecule has 1 aliphatic heterocycles. The number of rotatable bonds is 5. The molecule has 10 heteroatoms. The molecule has 0 fully saturated rings. The lowest BCUT2D eigenvalue weighted by molar-refractivity contribution is 0.102. The molecule has 0 bridgehead atoms. The number of hydrogen-bond donors (Lipinski definition) is 2. The molecule has 0 saturated heterocycles. The van der Waals surface area contributed by atoms with Crippen molar-refractivity contribution in [1.29, 1.82) is 0 Å². The molecule has 172 valence electrons. The lowest BCUT2D eigenvalue weighted by Gasteiger charge is -2.19. The number of amides is 1. The van der Waals surface area contributed by atoms with E-state index < -0.39 is 21.6 Å². The third kappa shape index (κ3) is 4.30. The Bertz CT molecular complexity index is 1560. The van der Waals surface area contributed by atoms with E-state index in [9.17, 15) is 18.0 Å². The van der Waals surface area contributed by atoms with Gasteiger partial charge in [0.15, 0.2) is 11.5 Å². The van der Waals surface area contributed by atoms with E-state index in [-0.39, 0.29) is 16.1 Å². The van der Waals surface area contributed by atoms with Gasteiger partial charge >= 0.3 is 5.63 Å². The van der Waals surface area contributed by atoms with Crippen LogP contribution in [0, 0.1) is 0 Å². The van der Waals surface area contributed by atoms with Crippen molar-refractivity contribution in [3.63, 3.8) is 0 Å². The molecule has 0 spiro atoms. The van der Waals surface area contributed by atoms with Crippen LogP contribution in [0.4, 0.5) is 11.4 Å². The average Bonchev–Trinajstić information content (AvgIpc) is 2.84. The van der Waals surface area contributed by atoms with Crippen LogP contribution in [-0.2, 0) is 10.0 Å². The van der Waals surface area contributed by atoms with E-state index in [1.807, 2.05) is 0 Å². The van der Waals surface area contributed by atoms with Gasteiger partial charge in [-0.15, -0.1) is 0 Å². The smallest absolute Gasteiger partial charge is 0.349 e. The molecule has 0 saturated carbocycles. The van der Waals surface area contributed by atoms with E-state index in [4.69, 9.17) is 13.9 Å². The van der Waals surface area contributed by atoms with E-state index in [1.165, 1.54) is 42.5 Å². The zero-order chi connectivity index (χ0) is 23.7. The fourth-order valence-corrected chi connectivity index (χ4v) is 4.52. The third-order valence-electron chi connectivity index (χ3n) is 5.10. The lowest BCUT2D eigenvalue weighted by Crippen LogP contribution is -2.20. The Kier molecular flexibility index (Phi) is 5.42. The van der Waals surface area contributed by atoms with Gasteiger partial charge in [0, 0.05) is 22.8 Å². The summed E-state index contributed by atoms with van der Waals surface area (Å²) in [6.45, 7) is 0.754. The van der Waals surface area contributed by atoms with Crippen molar-refractivity contribution in [2.45, 2.75) is 4.90 Å². The molecule has 2 N–H and O–H groups in total. The van der Waals surface area contributed by atoms with Crippen molar-refractivity contribution in [3.05, 3.63) is 88.8 Å². The van der Waals surface area contributed by atoms with Gasteiger partial charge in [-0.2, -0.15) is 0 Å². The maximum Gasteiger partial charge on any atom is 0.349 e. The molecule has 2 heterocycles. The van der Waals surface area contributed by atoms with Gasteiger partial charge in [-0.3, -0.25) is 9.52 Å². The quantitative estimate of drug-likeness (QED) is 0.420. The minimum Gasteiger partial charge on any atom is -0.486 e. The zero-order valence-corrected chi connectivity index (χ0v) is 18.4. The molecule has 34 heavy (non-hydrogen) atoms. The Morgan fingerprint density at radius 1 is 0.824 bits per heavy atom. The Labute approximate surface area is 194 Å². The van der Waals surface area contributed by atoms with Gasteiger partial charge in [-0.25, -0.2) is 13.2 Å². The highest BCUT2D eigenvalue weighted by atomic mass is 32.2. The van der Waals surface area contributed by atoms with E-state index >= 15 is 0 Å². The predicted molar refractivity (Wildman–Crippen MR) is 125 cm³/mol. The average molecular weight is 478 g/mol. The molecule has 0 radical (unpaired) electrons. The summed E-state index contributed by atoms with van der Waals surface area (Å²) < 4.78 is 44.0. The van der Waals surface area contributed by atoms with Crippen LogP contribution in [-0.4, -0.2) is 27.5 Å². The molecule has 3 aromatic carbocycles. The van der Waals surface area contributed by atoms with Crippen LogP contribution in [0.1, 0.15) is 10.4 Å². The lowest BCUT2D eigenvalue weighted by atomic mass is 10.1. The number of hydrogen-bond acceptors (Lipinski definition) is 7. The number of fused-ring (bicyclic) bond motifs is 2. The first-order chi connectivity index (χ1) is 16.4. The molecule has 0 unspecified atom stereocenters. The molecule has 5 rings (SSSR count). The first kappa shape index (κ1) is 21.5. The molecule has 9 nitrogen and oxygen atoms in total. The summed E-state index contributed by atoms with van der Waals surface area (Å²) >= 11 is 0. The molecule has 1 amide bonds. The normalized spacial score (nSPS) is 12.8. The number of ether oxygens (including phenoxy) is 2. The van der Waals surface area contributed by atoms with Crippen molar-refractivity contribution in [2.75, 3.05) is 23.3 Å². The number of anilines is 2. The van der Waals surface area contributed by atoms with Crippen molar-refractivity contribution in [3.8, 4) is 11.5 Å². The van der Waals surface area contributed by atoms with Crippen LogP contribution in [0.2, 0.25) is 0 Å². The Hall–Kier alpha value is -4.31. The van der Waals surface area contributed by atoms with Gasteiger partial charge in [-0.05, 0) is 48.5 Å². The standard InChI is InChI=1S/C24H18N2O7S/c27-23(19-13-15-3-1-2-4-20(15)33-24(19)28)25-16-5-7-17(8-6-16)26-34(29,30)18-9-10-21-22(14-18)32-12-11-31-21/h1-10,13-14,26H,11-12H2,(H,25,27). The maximum atomic E-state index is 12.8. The summed E-state index contributed by atoms with van der Waals surface area (Å²) in [5, 5.41) is 3.23. The van der Waals surface area contributed by atoms with Gasteiger partial charge in [0.2, 0.25) is 0 Å². The fraction of sp³-hybridized carbons (Fsp3) is 0.0833. The predicted octanol–water partition coefficient (Wildman–Crippen LogP) is 3.62. The summed E-state index contributed by atoms with van der Waals surface area (Å²) in [4.78, 5) is 24.8. The van der Waals surface area contributed by atoms with Gasteiger partial charge < -0.3 is 19.2 Å². The molecule has 0 aliphatic carbocycles. The summed E-state index contributed by atoms with van der Waals surface area (Å²) in [5.41, 5.74) is 0.166. The topological polar surface area (TPSA) is 124 Å². The maximum absolute atomic E-state index is 12.8. The van der Waals surface area contributed by atoms with E-state index in [1.54, 1.807) is 30.3 Å². The minimum atomic E-state index is -3.88. The largest absolute Gasteiger partial charge is 0.486 e. The number of nitrogens with one attached hydrogen (secondary N) is 2. The highest BCUT2D eigenvalue weighted by Crippen LogP contribution is 2.32. The molecule has 1 aliphatic rings.